The van der Waals surface area contributed by atoms with Crippen LogP contribution >= 0.6 is 0 Å². The summed E-state index contributed by atoms with van der Waals surface area (Å²) in [5.74, 6) is 0. The number of nitrogens with one attached hydrogen (secondary N) is 2. The van der Waals surface area contributed by atoms with Crippen molar-refractivity contribution in [1.82, 2.24) is 5.32 Å². The van der Waals surface area contributed by atoms with Crippen molar-refractivity contribution in [2.45, 2.75) is 45.3 Å². The lowest BCUT2D eigenvalue weighted by Gasteiger charge is -2.23. The lowest BCUT2D eigenvalue weighted by atomic mass is 9.86. The molecule has 0 radical (unpaired) electrons. The van der Waals surface area contributed by atoms with Crippen LogP contribution in [0.5, 0.6) is 0 Å². The van der Waals surface area contributed by atoms with Gasteiger partial charge in [-0.3, -0.25) is 0 Å². The summed E-state index contributed by atoms with van der Waals surface area (Å²) in [6, 6.07) is 7.68. The van der Waals surface area contributed by atoms with Gasteiger partial charge in [0.15, 0.2) is 0 Å². The van der Waals surface area contributed by atoms with Gasteiger partial charge in [0.2, 0.25) is 0 Å². The summed E-state index contributed by atoms with van der Waals surface area (Å²) in [5.41, 5.74) is 1.97. The average Bonchev–Trinajstić information content (AvgIpc) is 2.81. The molecule has 1 heterocycles. The van der Waals surface area contributed by atoms with Crippen molar-refractivity contribution in [3.8, 4) is 0 Å². The number of urea groups is 1. The fourth-order valence-corrected chi connectivity index (χ4v) is 2.24. The highest BCUT2D eigenvalue weighted by Gasteiger charge is 2.21. The molecular formula is C15H22N2O2. The molecule has 0 aliphatic carbocycles. The van der Waals surface area contributed by atoms with E-state index in [-0.39, 0.29) is 17.7 Å². The molecule has 104 valence electrons. The SMILES string of the molecule is CC(C)(C)c1ccccc1NC(=O)NC1CCCO1. The number of hydrogen-bond donors (Lipinski definition) is 2. The number of rotatable bonds is 2. The highest BCUT2D eigenvalue weighted by molar-refractivity contribution is 5.90. The molecule has 0 bridgehead atoms. The van der Waals surface area contributed by atoms with E-state index in [1.165, 1.54) is 0 Å². The number of hydrogen-bond acceptors (Lipinski definition) is 2. The second-order valence-corrected chi connectivity index (χ2v) is 5.90. The number of amides is 2. The molecule has 1 atom stereocenters. The highest BCUT2D eigenvalue weighted by Crippen LogP contribution is 2.29. The molecule has 1 aromatic carbocycles. The number of benzene rings is 1. The number of carbonyl (C=O) groups excluding carboxylic acids is 1. The minimum absolute atomic E-state index is 0.00622. The van der Waals surface area contributed by atoms with Crippen molar-refractivity contribution >= 4 is 11.7 Å². The van der Waals surface area contributed by atoms with Crippen LogP contribution in [0, 0.1) is 0 Å². The molecule has 19 heavy (non-hydrogen) atoms. The van der Waals surface area contributed by atoms with Crippen LogP contribution in [-0.4, -0.2) is 18.9 Å². The number of anilines is 1. The molecule has 4 heteroatoms. The minimum Gasteiger partial charge on any atom is -0.358 e. The van der Waals surface area contributed by atoms with Gasteiger partial charge in [-0.25, -0.2) is 4.79 Å². The predicted molar refractivity (Wildman–Crippen MR) is 76.3 cm³/mol. The van der Waals surface area contributed by atoms with Crippen molar-refractivity contribution in [3.63, 3.8) is 0 Å². The van der Waals surface area contributed by atoms with Crippen molar-refractivity contribution in [1.29, 1.82) is 0 Å². The van der Waals surface area contributed by atoms with Crippen LogP contribution in [0.1, 0.15) is 39.2 Å². The quantitative estimate of drug-likeness (QED) is 0.859. The molecule has 1 unspecified atom stereocenters. The van der Waals surface area contributed by atoms with E-state index in [1.54, 1.807) is 0 Å². The second-order valence-electron chi connectivity index (χ2n) is 5.90. The van der Waals surface area contributed by atoms with Crippen LogP contribution in [0.2, 0.25) is 0 Å². The molecule has 2 N–H and O–H groups in total. The highest BCUT2D eigenvalue weighted by atomic mass is 16.5. The van der Waals surface area contributed by atoms with E-state index in [0.29, 0.717) is 0 Å². The fraction of sp³-hybridized carbons (Fsp3) is 0.533. The van der Waals surface area contributed by atoms with E-state index in [1.807, 2.05) is 24.3 Å². The zero-order valence-corrected chi connectivity index (χ0v) is 11.8. The van der Waals surface area contributed by atoms with Crippen molar-refractivity contribution < 1.29 is 9.53 Å². The number of ether oxygens (including phenoxy) is 1. The van der Waals surface area contributed by atoms with E-state index in [0.717, 1.165) is 30.7 Å². The molecule has 1 aromatic rings. The van der Waals surface area contributed by atoms with Gasteiger partial charge in [-0.2, -0.15) is 0 Å². The topological polar surface area (TPSA) is 50.4 Å². The zero-order valence-electron chi connectivity index (χ0n) is 11.8. The monoisotopic (exact) mass is 262 g/mol. The van der Waals surface area contributed by atoms with E-state index >= 15 is 0 Å². The van der Waals surface area contributed by atoms with E-state index < -0.39 is 0 Å². The zero-order chi connectivity index (χ0) is 13.9. The van der Waals surface area contributed by atoms with Crippen LogP contribution < -0.4 is 10.6 Å². The van der Waals surface area contributed by atoms with Gasteiger partial charge in [0.1, 0.15) is 6.23 Å². The Balaban J connectivity index is 2.04. The Hall–Kier alpha value is -1.55. The Morgan fingerprint density at radius 1 is 1.32 bits per heavy atom. The summed E-state index contributed by atoms with van der Waals surface area (Å²) in [6.45, 7) is 7.12. The van der Waals surface area contributed by atoms with Crippen molar-refractivity contribution in [2.24, 2.45) is 0 Å². The first-order valence-electron chi connectivity index (χ1n) is 6.75. The summed E-state index contributed by atoms with van der Waals surface area (Å²) in [7, 11) is 0. The first-order chi connectivity index (χ1) is 8.97. The van der Waals surface area contributed by atoms with Gasteiger partial charge in [0.25, 0.3) is 0 Å². The summed E-state index contributed by atoms with van der Waals surface area (Å²) in [6.07, 6.45) is 1.74. The third-order valence-corrected chi connectivity index (χ3v) is 3.21. The van der Waals surface area contributed by atoms with Gasteiger partial charge in [-0.1, -0.05) is 39.0 Å². The maximum absolute atomic E-state index is 11.9. The largest absolute Gasteiger partial charge is 0.358 e. The Morgan fingerprint density at radius 3 is 2.68 bits per heavy atom. The fourth-order valence-electron chi connectivity index (χ4n) is 2.24. The van der Waals surface area contributed by atoms with Crippen LogP contribution in [-0.2, 0) is 10.2 Å². The summed E-state index contributed by atoms with van der Waals surface area (Å²) >= 11 is 0. The van der Waals surface area contributed by atoms with E-state index in [9.17, 15) is 4.79 Å². The second kappa shape index (κ2) is 5.61. The molecule has 1 aliphatic heterocycles. The molecule has 1 fully saturated rings. The van der Waals surface area contributed by atoms with Crippen LogP contribution in [0.25, 0.3) is 0 Å². The first kappa shape index (κ1) is 13.9. The lowest BCUT2D eigenvalue weighted by molar-refractivity contribution is 0.0928. The summed E-state index contributed by atoms with van der Waals surface area (Å²) < 4.78 is 5.39. The normalized spacial score (nSPS) is 19.2. The number of carbonyl (C=O) groups is 1. The Kier molecular flexibility index (Phi) is 4.10. The van der Waals surface area contributed by atoms with E-state index in [4.69, 9.17) is 4.74 Å². The standard InChI is InChI=1S/C15H22N2O2/c1-15(2,3)11-7-4-5-8-12(11)16-14(18)17-13-9-6-10-19-13/h4-5,7-8,13H,6,9-10H2,1-3H3,(H2,16,17,18). The van der Waals surface area contributed by atoms with Gasteiger partial charge >= 0.3 is 6.03 Å². The van der Waals surface area contributed by atoms with Crippen molar-refractivity contribution in [2.75, 3.05) is 11.9 Å². The molecule has 1 aliphatic rings. The van der Waals surface area contributed by atoms with Crippen LogP contribution in [0.15, 0.2) is 24.3 Å². The molecule has 2 rings (SSSR count). The van der Waals surface area contributed by atoms with Gasteiger partial charge in [-0.05, 0) is 29.9 Å². The van der Waals surface area contributed by atoms with Crippen molar-refractivity contribution in [3.05, 3.63) is 29.8 Å². The molecule has 4 nitrogen and oxygen atoms in total. The molecule has 1 saturated heterocycles. The third-order valence-electron chi connectivity index (χ3n) is 3.21. The Labute approximate surface area is 114 Å². The first-order valence-corrected chi connectivity index (χ1v) is 6.75. The van der Waals surface area contributed by atoms with Crippen LogP contribution in [0.4, 0.5) is 10.5 Å². The molecular weight excluding hydrogens is 240 g/mol. The van der Waals surface area contributed by atoms with E-state index in [2.05, 4.69) is 31.4 Å². The molecule has 2 amide bonds. The molecule has 0 aromatic heterocycles. The molecule has 0 saturated carbocycles. The van der Waals surface area contributed by atoms with Gasteiger partial charge in [-0.15, -0.1) is 0 Å². The van der Waals surface area contributed by atoms with Gasteiger partial charge < -0.3 is 15.4 Å². The average molecular weight is 262 g/mol. The summed E-state index contributed by atoms with van der Waals surface area (Å²) in [5, 5.41) is 5.75. The lowest BCUT2D eigenvalue weighted by Crippen LogP contribution is -2.37. The van der Waals surface area contributed by atoms with Gasteiger partial charge in [0.05, 0.1) is 0 Å². The van der Waals surface area contributed by atoms with Gasteiger partial charge in [0, 0.05) is 12.3 Å². The maximum Gasteiger partial charge on any atom is 0.321 e. The smallest absolute Gasteiger partial charge is 0.321 e. The Morgan fingerprint density at radius 2 is 2.05 bits per heavy atom. The Bertz CT molecular complexity index is 446. The summed E-state index contributed by atoms with van der Waals surface area (Å²) in [4.78, 5) is 11.9. The minimum atomic E-state index is -0.205. The predicted octanol–water partition coefficient (Wildman–Crippen LogP) is 3.24. The molecule has 0 spiro atoms. The third kappa shape index (κ3) is 3.70. The maximum atomic E-state index is 11.9. The number of para-hydroxylation sites is 1. The van der Waals surface area contributed by atoms with Crippen LogP contribution in [0.3, 0.4) is 0 Å².